The van der Waals surface area contributed by atoms with Gasteiger partial charge < -0.3 is 15.5 Å². The first kappa shape index (κ1) is 17.3. The highest BCUT2D eigenvalue weighted by Crippen LogP contribution is 1.98. The van der Waals surface area contributed by atoms with Crippen molar-refractivity contribution in [3.05, 3.63) is 0 Å². The molecule has 0 aromatic carbocycles. The van der Waals surface area contributed by atoms with Gasteiger partial charge in [-0.25, -0.2) is 12.7 Å². The molecule has 1 atom stereocenters. The summed E-state index contributed by atoms with van der Waals surface area (Å²) in [5.74, 6) is -1.04. The third-order valence-electron chi connectivity index (χ3n) is 2.37. The lowest BCUT2D eigenvalue weighted by atomic mass is 10.2. The number of hydrogen-bond donors (Lipinski definition) is 3. The minimum atomic E-state index is -3.16. The number of nitrogens with zero attached hydrogens (tertiary/aromatic N) is 1. The van der Waals surface area contributed by atoms with E-state index in [2.05, 4.69) is 5.32 Å². The Hall–Kier alpha value is -0.700. The van der Waals surface area contributed by atoms with Crippen LogP contribution in [-0.4, -0.2) is 67.4 Å². The SMILES string of the molecule is CCN(CCCNCC(O)CC(=O)O)S(C)(=O)=O. The molecule has 0 amide bonds. The van der Waals surface area contributed by atoms with Crippen LogP contribution in [0.2, 0.25) is 0 Å². The van der Waals surface area contributed by atoms with Gasteiger partial charge in [0.15, 0.2) is 0 Å². The fourth-order valence-electron chi connectivity index (χ4n) is 1.48. The van der Waals surface area contributed by atoms with Gasteiger partial charge in [0.25, 0.3) is 0 Å². The van der Waals surface area contributed by atoms with Crippen molar-refractivity contribution >= 4 is 16.0 Å². The zero-order valence-corrected chi connectivity index (χ0v) is 11.6. The van der Waals surface area contributed by atoms with Crippen LogP contribution in [0.1, 0.15) is 19.8 Å². The highest BCUT2D eigenvalue weighted by molar-refractivity contribution is 7.88. The zero-order chi connectivity index (χ0) is 14.2. The fourth-order valence-corrected chi connectivity index (χ4v) is 2.41. The van der Waals surface area contributed by atoms with E-state index in [-0.39, 0.29) is 13.0 Å². The highest BCUT2D eigenvalue weighted by atomic mass is 32.2. The van der Waals surface area contributed by atoms with Gasteiger partial charge in [-0.3, -0.25) is 4.79 Å². The molecule has 0 bridgehead atoms. The number of aliphatic carboxylic acids is 1. The Morgan fingerprint density at radius 2 is 2.06 bits per heavy atom. The second kappa shape index (κ2) is 8.41. The van der Waals surface area contributed by atoms with Crippen molar-refractivity contribution in [2.75, 3.05) is 32.4 Å². The lowest BCUT2D eigenvalue weighted by Crippen LogP contribution is -2.34. The van der Waals surface area contributed by atoms with Crippen molar-refractivity contribution in [2.45, 2.75) is 25.9 Å². The first-order valence-electron chi connectivity index (χ1n) is 5.83. The monoisotopic (exact) mass is 282 g/mol. The number of carboxylic acid groups (broad SMARTS) is 1. The maximum Gasteiger partial charge on any atom is 0.306 e. The number of nitrogens with one attached hydrogen (secondary N) is 1. The Bertz CT molecular complexity index is 344. The van der Waals surface area contributed by atoms with Crippen LogP contribution in [-0.2, 0) is 14.8 Å². The summed E-state index contributed by atoms with van der Waals surface area (Å²) < 4.78 is 23.9. The third kappa shape index (κ3) is 8.40. The molecule has 18 heavy (non-hydrogen) atoms. The predicted octanol–water partition coefficient (Wildman–Crippen LogP) is -0.917. The molecule has 0 aliphatic rings. The van der Waals surface area contributed by atoms with Crippen LogP contribution in [0.25, 0.3) is 0 Å². The van der Waals surface area contributed by atoms with Gasteiger partial charge in [-0.1, -0.05) is 6.92 Å². The van der Waals surface area contributed by atoms with Gasteiger partial charge in [-0.2, -0.15) is 0 Å². The van der Waals surface area contributed by atoms with E-state index in [0.29, 0.717) is 26.1 Å². The number of carboxylic acids is 1. The van der Waals surface area contributed by atoms with Gasteiger partial charge in [0.1, 0.15) is 0 Å². The van der Waals surface area contributed by atoms with E-state index >= 15 is 0 Å². The minimum Gasteiger partial charge on any atom is -0.481 e. The summed E-state index contributed by atoms with van der Waals surface area (Å²) in [5, 5.41) is 20.6. The molecule has 1 unspecified atom stereocenters. The minimum absolute atomic E-state index is 0.192. The summed E-state index contributed by atoms with van der Waals surface area (Å²) in [5.41, 5.74) is 0. The van der Waals surface area contributed by atoms with E-state index in [1.165, 1.54) is 10.6 Å². The molecule has 0 saturated heterocycles. The van der Waals surface area contributed by atoms with Gasteiger partial charge in [-0.05, 0) is 13.0 Å². The molecule has 0 saturated carbocycles. The maximum absolute atomic E-state index is 11.3. The molecule has 0 spiro atoms. The van der Waals surface area contributed by atoms with Crippen molar-refractivity contribution in [3.8, 4) is 0 Å². The Balaban J connectivity index is 3.71. The Labute approximate surface area is 108 Å². The van der Waals surface area contributed by atoms with Crippen LogP contribution in [0.4, 0.5) is 0 Å². The van der Waals surface area contributed by atoms with Crippen molar-refractivity contribution in [3.63, 3.8) is 0 Å². The van der Waals surface area contributed by atoms with E-state index in [1.54, 1.807) is 6.92 Å². The van der Waals surface area contributed by atoms with Crippen LogP contribution in [0.3, 0.4) is 0 Å². The standard InChI is InChI=1S/C10H22N2O5S/c1-3-12(18(2,16)17)6-4-5-11-8-9(13)7-10(14)15/h9,11,13H,3-8H2,1-2H3,(H,14,15). The van der Waals surface area contributed by atoms with Crippen molar-refractivity contribution < 1.29 is 23.4 Å². The van der Waals surface area contributed by atoms with Crippen molar-refractivity contribution in [1.82, 2.24) is 9.62 Å². The molecule has 0 fully saturated rings. The number of sulfonamides is 1. The lowest BCUT2D eigenvalue weighted by Gasteiger charge is -2.17. The summed E-state index contributed by atoms with van der Waals surface area (Å²) in [6.45, 7) is 3.34. The van der Waals surface area contributed by atoms with Crippen LogP contribution in [0.5, 0.6) is 0 Å². The number of rotatable bonds is 10. The second-order valence-corrected chi connectivity index (χ2v) is 6.05. The maximum atomic E-state index is 11.3. The average Bonchev–Trinajstić information content (AvgIpc) is 2.20. The Kier molecular flexibility index (Phi) is 8.08. The number of aliphatic hydroxyl groups excluding tert-OH is 1. The quantitative estimate of drug-likeness (QED) is 0.448. The summed E-state index contributed by atoms with van der Waals surface area (Å²) in [6.07, 6.45) is 0.568. The van der Waals surface area contributed by atoms with E-state index in [0.717, 1.165) is 0 Å². The van der Waals surface area contributed by atoms with Crippen LogP contribution >= 0.6 is 0 Å². The van der Waals surface area contributed by atoms with E-state index in [1.807, 2.05) is 0 Å². The van der Waals surface area contributed by atoms with Crippen LogP contribution in [0.15, 0.2) is 0 Å². The third-order valence-corrected chi connectivity index (χ3v) is 3.75. The number of aliphatic hydroxyl groups is 1. The first-order chi connectivity index (χ1) is 8.27. The van der Waals surface area contributed by atoms with Gasteiger partial charge in [0, 0.05) is 19.6 Å². The van der Waals surface area contributed by atoms with E-state index in [9.17, 15) is 18.3 Å². The van der Waals surface area contributed by atoms with Gasteiger partial charge in [0.2, 0.25) is 10.0 Å². The summed E-state index contributed by atoms with van der Waals surface area (Å²) in [6, 6.07) is 0. The normalized spacial score (nSPS) is 13.8. The summed E-state index contributed by atoms with van der Waals surface area (Å²) >= 11 is 0. The van der Waals surface area contributed by atoms with E-state index in [4.69, 9.17) is 5.11 Å². The molecule has 0 aromatic heterocycles. The fraction of sp³-hybridized carbons (Fsp3) is 0.900. The summed E-state index contributed by atoms with van der Waals surface area (Å²) in [4.78, 5) is 10.3. The molecule has 7 nitrogen and oxygen atoms in total. The molecule has 0 aliphatic heterocycles. The molecular formula is C10H22N2O5S. The smallest absolute Gasteiger partial charge is 0.306 e. The first-order valence-corrected chi connectivity index (χ1v) is 7.68. The van der Waals surface area contributed by atoms with Crippen molar-refractivity contribution in [1.29, 1.82) is 0 Å². The predicted molar refractivity (Wildman–Crippen MR) is 67.8 cm³/mol. The Morgan fingerprint density at radius 3 is 2.50 bits per heavy atom. The molecule has 0 radical (unpaired) electrons. The van der Waals surface area contributed by atoms with Crippen molar-refractivity contribution in [2.24, 2.45) is 0 Å². The molecule has 0 rings (SSSR count). The lowest BCUT2D eigenvalue weighted by molar-refractivity contribution is -0.139. The Morgan fingerprint density at radius 1 is 1.44 bits per heavy atom. The molecule has 3 N–H and O–H groups in total. The molecular weight excluding hydrogens is 260 g/mol. The topological polar surface area (TPSA) is 107 Å². The van der Waals surface area contributed by atoms with Gasteiger partial charge >= 0.3 is 5.97 Å². The van der Waals surface area contributed by atoms with E-state index < -0.39 is 22.1 Å². The molecule has 0 aromatic rings. The van der Waals surface area contributed by atoms with Crippen LogP contribution < -0.4 is 5.32 Å². The molecule has 0 heterocycles. The largest absolute Gasteiger partial charge is 0.481 e. The zero-order valence-electron chi connectivity index (χ0n) is 10.8. The molecule has 108 valence electrons. The highest BCUT2D eigenvalue weighted by Gasteiger charge is 2.13. The van der Waals surface area contributed by atoms with Crippen LogP contribution in [0, 0.1) is 0 Å². The van der Waals surface area contributed by atoms with Gasteiger partial charge in [-0.15, -0.1) is 0 Å². The molecule has 0 aliphatic carbocycles. The average molecular weight is 282 g/mol. The number of carbonyl (C=O) groups is 1. The molecule has 8 heteroatoms. The number of hydrogen-bond acceptors (Lipinski definition) is 5. The summed E-state index contributed by atoms with van der Waals surface area (Å²) in [7, 11) is -3.16. The van der Waals surface area contributed by atoms with Gasteiger partial charge in [0.05, 0.1) is 18.8 Å². The second-order valence-electron chi connectivity index (χ2n) is 4.06.